The average molecular weight is 419 g/mol. The lowest BCUT2D eigenvalue weighted by Crippen LogP contribution is -2.27. The first-order valence-electron chi connectivity index (χ1n) is 5.67. The molecule has 0 atom stereocenters. The maximum Gasteiger partial charge on any atom is 0.258 e. The van der Waals surface area contributed by atoms with Crippen LogP contribution in [-0.2, 0) is 0 Å². The highest BCUT2D eigenvalue weighted by atomic mass is 79.9. The van der Waals surface area contributed by atoms with E-state index in [9.17, 15) is 4.79 Å². The SMILES string of the molecule is CN(C(=O)c1cc(Br)cc(Br)c1)c1cc(Cl)ccc1N. The number of halogens is 3. The second-order valence-electron chi connectivity index (χ2n) is 4.23. The summed E-state index contributed by atoms with van der Waals surface area (Å²) >= 11 is 12.7. The molecule has 2 aromatic rings. The summed E-state index contributed by atoms with van der Waals surface area (Å²) in [6, 6.07) is 10.4. The maximum absolute atomic E-state index is 12.5. The number of nitrogen functional groups attached to an aromatic ring is 1. The number of rotatable bonds is 2. The Morgan fingerprint density at radius 2 is 1.75 bits per heavy atom. The summed E-state index contributed by atoms with van der Waals surface area (Å²) in [6.07, 6.45) is 0. The summed E-state index contributed by atoms with van der Waals surface area (Å²) in [5, 5.41) is 0.532. The van der Waals surface area contributed by atoms with E-state index in [1.54, 1.807) is 37.4 Å². The molecule has 0 spiro atoms. The summed E-state index contributed by atoms with van der Waals surface area (Å²) in [6.45, 7) is 0. The number of amides is 1. The van der Waals surface area contributed by atoms with Crippen LogP contribution in [0.1, 0.15) is 10.4 Å². The minimum absolute atomic E-state index is 0.166. The van der Waals surface area contributed by atoms with Gasteiger partial charge in [0, 0.05) is 26.6 Å². The minimum atomic E-state index is -0.166. The van der Waals surface area contributed by atoms with Gasteiger partial charge in [-0.1, -0.05) is 43.5 Å². The van der Waals surface area contributed by atoms with Crippen molar-refractivity contribution in [3.8, 4) is 0 Å². The molecule has 2 rings (SSSR count). The molecule has 0 unspecified atom stereocenters. The van der Waals surface area contributed by atoms with Gasteiger partial charge in [-0.15, -0.1) is 0 Å². The Balaban J connectivity index is 2.39. The zero-order valence-corrected chi connectivity index (χ0v) is 14.5. The predicted octanol–water partition coefficient (Wildman–Crippen LogP) is 4.72. The predicted molar refractivity (Wildman–Crippen MR) is 90.4 cm³/mol. The molecule has 0 aliphatic rings. The number of nitrogens with zero attached hydrogens (tertiary/aromatic N) is 1. The van der Waals surface area contributed by atoms with Gasteiger partial charge >= 0.3 is 0 Å². The molecule has 2 N–H and O–H groups in total. The van der Waals surface area contributed by atoms with E-state index in [0.29, 0.717) is 22.0 Å². The molecule has 0 fully saturated rings. The molecule has 0 saturated carbocycles. The fraction of sp³-hybridized carbons (Fsp3) is 0.0714. The zero-order valence-electron chi connectivity index (χ0n) is 10.5. The summed E-state index contributed by atoms with van der Waals surface area (Å²) in [4.78, 5) is 14.0. The molecule has 20 heavy (non-hydrogen) atoms. The Bertz CT molecular complexity index is 656. The molecule has 6 heteroatoms. The molecule has 1 amide bonds. The van der Waals surface area contributed by atoms with Crippen molar-refractivity contribution in [2.75, 3.05) is 17.7 Å². The number of carbonyl (C=O) groups excluding carboxylic acids is 1. The zero-order chi connectivity index (χ0) is 14.9. The second-order valence-corrected chi connectivity index (χ2v) is 6.49. The Labute approximate surface area is 139 Å². The fourth-order valence-electron chi connectivity index (χ4n) is 1.79. The first kappa shape index (κ1) is 15.4. The number of anilines is 2. The highest BCUT2D eigenvalue weighted by molar-refractivity contribution is 9.11. The first-order chi connectivity index (χ1) is 9.38. The van der Waals surface area contributed by atoms with Gasteiger partial charge in [-0.2, -0.15) is 0 Å². The summed E-state index contributed by atoms with van der Waals surface area (Å²) in [5.41, 5.74) is 7.53. The van der Waals surface area contributed by atoms with Crippen LogP contribution < -0.4 is 10.6 Å². The van der Waals surface area contributed by atoms with E-state index in [-0.39, 0.29) is 5.91 Å². The number of hydrogen-bond acceptors (Lipinski definition) is 2. The van der Waals surface area contributed by atoms with Gasteiger partial charge in [-0.05, 0) is 36.4 Å². The van der Waals surface area contributed by atoms with Gasteiger partial charge in [0.05, 0.1) is 11.4 Å². The number of hydrogen-bond donors (Lipinski definition) is 1. The lowest BCUT2D eigenvalue weighted by molar-refractivity contribution is 0.0993. The van der Waals surface area contributed by atoms with Gasteiger partial charge in [0.1, 0.15) is 0 Å². The van der Waals surface area contributed by atoms with Crippen molar-refractivity contribution < 1.29 is 4.79 Å². The second kappa shape index (κ2) is 6.16. The third-order valence-electron chi connectivity index (χ3n) is 2.77. The molecule has 2 aromatic carbocycles. The van der Waals surface area contributed by atoms with E-state index in [4.69, 9.17) is 17.3 Å². The molecular formula is C14H11Br2ClN2O. The lowest BCUT2D eigenvalue weighted by Gasteiger charge is -2.20. The molecule has 0 aliphatic heterocycles. The lowest BCUT2D eigenvalue weighted by atomic mass is 10.2. The third-order valence-corrected chi connectivity index (χ3v) is 3.92. The molecule has 0 aliphatic carbocycles. The molecule has 0 heterocycles. The summed E-state index contributed by atoms with van der Waals surface area (Å²) < 4.78 is 1.64. The van der Waals surface area contributed by atoms with Gasteiger partial charge < -0.3 is 10.6 Å². The van der Waals surface area contributed by atoms with Gasteiger partial charge in [0.25, 0.3) is 5.91 Å². The third kappa shape index (κ3) is 3.34. The van der Waals surface area contributed by atoms with Crippen molar-refractivity contribution in [2.45, 2.75) is 0 Å². The van der Waals surface area contributed by atoms with Gasteiger partial charge in [0.2, 0.25) is 0 Å². The van der Waals surface area contributed by atoms with Gasteiger partial charge in [-0.3, -0.25) is 4.79 Å². The van der Waals surface area contributed by atoms with E-state index in [1.165, 1.54) is 4.90 Å². The van der Waals surface area contributed by atoms with Crippen LogP contribution in [0.15, 0.2) is 45.3 Å². The Kier molecular flexibility index (Phi) is 4.73. The molecule has 3 nitrogen and oxygen atoms in total. The van der Waals surface area contributed by atoms with Crippen LogP contribution in [0.4, 0.5) is 11.4 Å². The molecule has 104 valence electrons. The van der Waals surface area contributed by atoms with Crippen molar-refractivity contribution in [2.24, 2.45) is 0 Å². The van der Waals surface area contributed by atoms with Gasteiger partial charge in [0.15, 0.2) is 0 Å². The molecule has 0 saturated heterocycles. The van der Waals surface area contributed by atoms with E-state index in [1.807, 2.05) is 6.07 Å². The number of benzene rings is 2. The quantitative estimate of drug-likeness (QED) is 0.717. The van der Waals surface area contributed by atoms with Crippen LogP contribution in [-0.4, -0.2) is 13.0 Å². The number of nitrogens with two attached hydrogens (primary N) is 1. The fourth-order valence-corrected chi connectivity index (χ4v) is 3.25. The van der Waals surface area contributed by atoms with Crippen LogP contribution >= 0.6 is 43.5 Å². The van der Waals surface area contributed by atoms with E-state index in [0.717, 1.165) is 8.95 Å². The van der Waals surface area contributed by atoms with E-state index < -0.39 is 0 Å². The van der Waals surface area contributed by atoms with E-state index in [2.05, 4.69) is 31.9 Å². The highest BCUT2D eigenvalue weighted by Gasteiger charge is 2.17. The Hall–Kier alpha value is -1.04. The number of carbonyl (C=O) groups is 1. The Morgan fingerprint density at radius 3 is 2.35 bits per heavy atom. The molecular weight excluding hydrogens is 407 g/mol. The van der Waals surface area contributed by atoms with Crippen molar-refractivity contribution in [3.05, 3.63) is 55.9 Å². The average Bonchev–Trinajstić information content (AvgIpc) is 2.38. The van der Waals surface area contributed by atoms with Crippen LogP contribution in [0.5, 0.6) is 0 Å². The molecule has 0 aromatic heterocycles. The van der Waals surface area contributed by atoms with Crippen molar-refractivity contribution in [1.29, 1.82) is 0 Å². The maximum atomic E-state index is 12.5. The highest BCUT2D eigenvalue weighted by Crippen LogP contribution is 2.28. The van der Waals surface area contributed by atoms with Crippen molar-refractivity contribution >= 4 is 60.7 Å². The van der Waals surface area contributed by atoms with Crippen LogP contribution in [0.2, 0.25) is 5.02 Å². The monoisotopic (exact) mass is 416 g/mol. The van der Waals surface area contributed by atoms with Crippen LogP contribution in [0.3, 0.4) is 0 Å². The standard InChI is InChI=1S/C14H11Br2ClN2O/c1-19(13-7-11(17)2-3-12(13)18)14(20)8-4-9(15)6-10(16)5-8/h2-7H,18H2,1H3. The van der Waals surface area contributed by atoms with Crippen LogP contribution in [0.25, 0.3) is 0 Å². The summed E-state index contributed by atoms with van der Waals surface area (Å²) in [7, 11) is 1.67. The minimum Gasteiger partial charge on any atom is -0.397 e. The Morgan fingerprint density at radius 1 is 1.15 bits per heavy atom. The molecule has 0 bridgehead atoms. The van der Waals surface area contributed by atoms with Crippen molar-refractivity contribution in [1.82, 2.24) is 0 Å². The topological polar surface area (TPSA) is 46.3 Å². The van der Waals surface area contributed by atoms with Crippen molar-refractivity contribution in [3.63, 3.8) is 0 Å². The summed E-state index contributed by atoms with van der Waals surface area (Å²) in [5.74, 6) is -0.166. The first-order valence-corrected chi connectivity index (χ1v) is 7.64. The normalized spacial score (nSPS) is 10.4. The largest absolute Gasteiger partial charge is 0.397 e. The van der Waals surface area contributed by atoms with Gasteiger partial charge in [-0.25, -0.2) is 0 Å². The molecule has 0 radical (unpaired) electrons. The van der Waals surface area contributed by atoms with Crippen LogP contribution in [0, 0.1) is 0 Å². The van der Waals surface area contributed by atoms with E-state index >= 15 is 0 Å². The smallest absolute Gasteiger partial charge is 0.258 e.